The molecular formula is C21H20FN3O3. The van der Waals surface area contributed by atoms with E-state index in [1.54, 1.807) is 56.8 Å². The van der Waals surface area contributed by atoms with Crippen LogP contribution in [0, 0.1) is 5.82 Å². The maximum Gasteiger partial charge on any atom is 0.270 e. The monoisotopic (exact) mass is 381 g/mol. The molecule has 28 heavy (non-hydrogen) atoms. The van der Waals surface area contributed by atoms with E-state index in [1.807, 2.05) is 12.1 Å². The number of hydrogen-bond acceptors (Lipinski definition) is 5. The summed E-state index contributed by atoms with van der Waals surface area (Å²) < 4.78 is 24.1. The molecular weight excluding hydrogens is 361 g/mol. The molecule has 0 fully saturated rings. The number of anilines is 2. The summed E-state index contributed by atoms with van der Waals surface area (Å²) in [5, 5.41) is 5.84. The van der Waals surface area contributed by atoms with E-state index < -0.39 is 0 Å². The van der Waals surface area contributed by atoms with Crippen LogP contribution in [0.5, 0.6) is 11.5 Å². The van der Waals surface area contributed by atoms with Gasteiger partial charge in [-0.2, -0.15) is 0 Å². The Kier molecular flexibility index (Phi) is 6.06. The van der Waals surface area contributed by atoms with Crippen molar-refractivity contribution in [3.05, 3.63) is 77.9 Å². The molecule has 2 N–H and O–H groups in total. The third-order valence-electron chi connectivity index (χ3n) is 4.08. The van der Waals surface area contributed by atoms with Crippen molar-refractivity contribution < 1.29 is 18.7 Å². The third-order valence-corrected chi connectivity index (χ3v) is 4.08. The molecule has 0 spiro atoms. The van der Waals surface area contributed by atoms with E-state index >= 15 is 0 Å². The highest BCUT2D eigenvalue weighted by Crippen LogP contribution is 2.31. The molecule has 1 amide bonds. The van der Waals surface area contributed by atoms with E-state index in [4.69, 9.17) is 9.47 Å². The van der Waals surface area contributed by atoms with Gasteiger partial charge in [-0.05, 0) is 30.3 Å². The quantitative estimate of drug-likeness (QED) is 0.649. The van der Waals surface area contributed by atoms with Crippen LogP contribution in [0.3, 0.4) is 0 Å². The summed E-state index contributed by atoms with van der Waals surface area (Å²) in [5.74, 6) is 0.564. The highest BCUT2D eigenvalue weighted by molar-refractivity contribution is 5.92. The van der Waals surface area contributed by atoms with Gasteiger partial charge in [-0.15, -0.1) is 0 Å². The fourth-order valence-corrected chi connectivity index (χ4v) is 2.57. The number of aromatic nitrogens is 1. The maximum atomic E-state index is 13.6. The van der Waals surface area contributed by atoms with Crippen LogP contribution in [-0.4, -0.2) is 25.1 Å². The van der Waals surface area contributed by atoms with Crippen molar-refractivity contribution in [2.45, 2.75) is 6.54 Å². The average Bonchev–Trinajstić information content (AvgIpc) is 2.73. The van der Waals surface area contributed by atoms with Gasteiger partial charge < -0.3 is 20.1 Å². The van der Waals surface area contributed by atoms with Crippen molar-refractivity contribution in [3.8, 4) is 11.5 Å². The third kappa shape index (κ3) is 4.56. The summed E-state index contributed by atoms with van der Waals surface area (Å²) in [6.07, 6.45) is 1.54. The first-order valence-corrected chi connectivity index (χ1v) is 8.57. The molecule has 0 radical (unpaired) electrons. The molecule has 3 aromatic rings. The molecule has 1 heterocycles. The Balaban J connectivity index is 1.65. The lowest BCUT2D eigenvalue weighted by molar-refractivity contribution is 0.0945. The molecule has 7 heteroatoms. The summed E-state index contributed by atoms with van der Waals surface area (Å²) in [6.45, 7) is 0.0935. The van der Waals surface area contributed by atoms with E-state index in [-0.39, 0.29) is 24.0 Å². The van der Waals surface area contributed by atoms with Gasteiger partial charge in [0.1, 0.15) is 23.0 Å². The fourth-order valence-electron chi connectivity index (χ4n) is 2.57. The summed E-state index contributed by atoms with van der Waals surface area (Å²) in [6, 6.07) is 15.0. The molecule has 0 saturated heterocycles. The van der Waals surface area contributed by atoms with Gasteiger partial charge in [0.2, 0.25) is 0 Å². The van der Waals surface area contributed by atoms with Gasteiger partial charge in [0, 0.05) is 18.2 Å². The lowest BCUT2D eigenvalue weighted by Gasteiger charge is -2.12. The number of pyridine rings is 1. The number of benzene rings is 2. The molecule has 2 aromatic carbocycles. The van der Waals surface area contributed by atoms with Gasteiger partial charge in [0.25, 0.3) is 5.91 Å². The molecule has 0 bridgehead atoms. The molecule has 0 saturated carbocycles. The lowest BCUT2D eigenvalue weighted by Crippen LogP contribution is -2.24. The zero-order valence-electron chi connectivity index (χ0n) is 15.5. The van der Waals surface area contributed by atoms with Crippen molar-refractivity contribution >= 4 is 17.3 Å². The summed E-state index contributed by atoms with van der Waals surface area (Å²) in [5.41, 5.74) is 2.08. The van der Waals surface area contributed by atoms with E-state index in [1.165, 1.54) is 6.07 Å². The first-order chi connectivity index (χ1) is 13.6. The smallest absolute Gasteiger partial charge is 0.270 e. The first kappa shape index (κ1) is 19.2. The minimum Gasteiger partial charge on any atom is -0.497 e. The second-order valence-corrected chi connectivity index (χ2v) is 5.90. The molecule has 0 aliphatic carbocycles. The number of halogens is 1. The number of ether oxygens (including phenoxy) is 2. The topological polar surface area (TPSA) is 72.5 Å². The molecule has 144 valence electrons. The van der Waals surface area contributed by atoms with Gasteiger partial charge in [-0.3, -0.25) is 4.79 Å². The molecule has 3 rings (SSSR count). The van der Waals surface area contributed by atoms with Crippen LogP contribution in [0.25, 0.3) is 0 Å². The van der Waals surface area contributed by atoms with Crippen molar-refractivity contribution in [1.82, 2.24) is 10.3 Å². The van der Waals surface area contributed by atoms with Crippen LogP contribution >= 0.6 is 0 Å². The molecule has 0 atom stereocenters. The average molecular weight is 381 g/mol. The number of nitrogens with one attached hydrogen (secondary N) is 2. The number of amides is 1. The van der Waals surface area contributed by atoms with E-state index in [2.05, 4.69) is 15.6 Å². The first-order valence-electron chi connectivity index (χ1n) is 8.57. The second kappa shape index (κ2) is 8.85. The number of carbonyl (C=O) groups excluding carboxylic acids is 1. The van der Waals surface area contributed by atoms with Gasteiger partial charge in [0.15, 0.2) is 0 Å². The highest BCUT2D eigenvalue weighted by atomic mass is 19.1. The predicted molar refractivity (Wildman–Crippen MR) is 105 cm³/mol. The van der Waals surface area contributed by atoms with Crippen molar-refractivity contribution in [3.63, 3.8) is 0 Å². The van der Waals surface area contributed by atoms with Crippen molar-refractivity contribution in [2.24, 2.45) is 0 Å². The van der Waals surface area contributed by atoms with Crippen LogP contribution in [0.4, 0.5) is 15.8 Å². The van der Waals surface area contributed by atoms with E-state index in [0.29, 0.717) is 22.7 Å². The molecule has 0 unspecified atom stereocenters. The molecule has 0 aliphatic heterocycles. The standard InChI is InChI=1S/C21H20FN3O3/c1-27-16-8-10-18(20(11-16)28-2)25-15-7-9-19(23-13-15)21(26)24-12-14-5-3-4-6-17(14)22/h3-11,13,25H,12H2,1-2H3,(H,24,26). The Hall–Kier alpha value is -3.61. The number of methoxy groups -OCH3 is 2. The van der Waals surface area contributed by atoms with E-state index in [9.17, 15) is 9.18 Å². The Morgan fingerprint density at radius 2 is 1.89 bits per heavy atom. The summed E-state index contributed by atoms with van der Waals surface area (Å²) in [7, 11) is 3.16. The minimum absolute atomic E-state index is 0.0935. The Morgan fingerprint density at radius 3 is 2.57 bits per heavy atom. The van der Waals surface area contributed by atoms with Crippen LogP contribution in [0.15, 0.2) is 60.8 Å². The molecule has 6 nitrogen and oxygen atoms in total. The Labute approximate surface area is 162 Å². The lowest BCUT2D eigenvalue weighted by atomic mass is 10.2. The second-order valence-electron chi connectivity index (χ2n) is 5.90. The normalized spacial score (nSPS) is 10.2. The number of carbonyl (C=O) groups is 1. The fraction of sp³-hybridized carbons (Fsp3) is 0.143. The number of hydrogen-bond donors (Lipinski definition) is 2. The van der Waals surface area contributed by atoms with Gasteiger partial charge in [-0.1, -0.05) is 18.2 Å². The van der Waals surface area contributed by atoms with Crippen molar-refractivity contribution in [2.75, 3.05) is 19.5 Å². The van der Waals surface area contributed by atoms with E-state index in [0.717, 1.165) is 5.69 Å². The number of nitrogens with zero attached hydrogens (tertiary/aromatic N) is 1. The van der Waals surface area contributed by atoms with Crippen LogP contribution in [0.2, 0.25) is 0 Å². The predicted octanol–water partition coefficient (Wildman–Crippen LogP) is 3.91. The van der Waals surface area contributed by atoms with Crippen LogP contribution in [-0.2, 0) is 6.54 Å². The zero-order chi connectivity index (χ0) is 19.9. The maximum absolute atomic E-state index is 13.6. The van der Waals surface area contributed by atoms with Gasteiger partial charge in [-0.25, -0.2) is 9.37 Å². The summed E-state index contributed by atoms with van der Waals surface area (Å²) >= 11 is 0. The van der Waals surface area contributed by atoms with Gasteiger partial charge in [0.05, 0.1) is 31.8 Å². The molecule has 1 aromatic heterocycles. The van der Waals surface area contributed by atoms with Gasteiger partial charge >= 0.3 is 0 Å². The SMILES string of the molecule is COc1ccc(Nc2ccc(C(=O)NCc3ccccc3F)nc2)c(OC)c1. The number of rotatable bonds is 7. The zero-order valence-corrected chi connectivity index (χ0v) is 15.5. The Bertz CT molecular complexity index is 961. The highest BCUT2D eigenvalue weighted by Gasteiger charge is 2.10. The minimum atomic E-state index is -0.378. The van der Waals surface area contributed by atoms with Crippen molar-refractivity contribution in [1.29, 1.82) is 0 Å². The summed E-state index contributed by atoms with van der Waals surface area (Å²) in [4.78, 5) is 16.4. The Morgan fingerprint density at radius 1 is 1.07 bits per heavy atom. The van der Waals surface area contributed by atoms with Crippen LogP contribution in [0.1, 0.15) is 16.1 Å². The molecule has 0 aliphatic rings. The largest absolute Gasteiger partial charge is 0.497 e. The van der Waals surface area contributed by atoms with Crippen LogP contribution < -0.4 is 20.1 Å².